The molecule has 0 aliphatic carbocycles. The van der Waals surface area contributed by atoms with Gasteiger partial charge in [-0.05, 0) is 17.7 Å². The van der Waals surface area contributed by atoms with Crippen molar-refractivity contribution in [1.82, 2.24) is 9.78 Å². The average Bonchev–Trinajstić information content (AvgIpc) is 2.69. The highest BCUT2D eigenvalue weighted by atomic mass is 15.3. The van der Waals surface area contributed by atoms with E-state index in [-0.39, 0.29) is 0 Å². The van der Waals surface area contributed by atoms with Crippen LogP contribution in [0.1, 0.15) is 5.56 Å². The molecule has 1 aromatic heterocycles. The molecule has 2 rings (SSSR count). The van der Waals surface area contributed by atoms with Crippen LogP contribution in [-0.2, 0) is 6.54 Å². The fourth-order valence-electron chi connectivity index (χ4n) is 1.39. The predicted molar refractivity (Wildman–Crippen MR) is 61.7 cm³/mol. The number of hydrogen-bond acceptors (Lipinski definition) is 3. The second-order valence-electron chi connectivity index (χ2n) is 3.42. The molecule has 0 spiro atoms. The van der Waals surface area contributed by atoms with Crippen LogP contribution in [0.15, 0.2) is 36.7 Å². The Labute approximate surface area is 88.7 Å². The molecule has 0 radical (unpaired) electrons. The zero-order valence-corrected chi connectivity index (χ0v) is 8.64. The van der Waals surface area contributed by atoms with E-state index in [0.717, 1.165) is 17.9 Å². The van der Waals surface area contributed by atoms with Gasteiger partial charge in [0.2, 0.25) is 0 Å². The lowest BCUT2D eigenvalue weighted by atomic mass is 10.2. The van der Waals surface area contributed by atoms with Crippen molar-refractivity contribution in [3.8, 4) is 0 Å². The summed E-state index contributed by atoms with van der Waals surface area (Å²) in [5.41, 5.74) is 8.61. The molecule has 0 saturated carbocycles. The minimum Gasteiger partial charge on any atom is -0.399 e. The van der Waals surface area contributed by atoms with E-state index >= 15 is 0 Å². The highest BCUT2D eigenvalue weighted by Gasteiger charge is 1.97. The Kier molecular flexibility index (Phi) is 2.58. The maximum Gasteiger partial charge on any atom is 0.0724 e. The van der Waals surface area contributed by atoms with Gasteiger partial charge in [-0.25, -0.2) is 0 Å². The van der Waals surface area contributed by atoms with Gasteiger partial charge >= 0.3 is 0 Å². The number of nitrogens with one attached hydrogen (secondary N) is 1. The number of benzene rings is 1. The van der Waals surface area contributed by atoms with E-state index in [9.17, 15) is 0 Å². The van der Waals surface area contributed by atoms with E-state index in [4.69, 9.17) is 5.73 Å². The third-order valence-electron chi connectivity index (χ3n) is 2.25. The first-order valence-electron chi connectivity index (χ1n) is 4.82. The van der Waals surface area contributed by atoms with Gasteiger partial charge < -0.3 is 11.1 Å². The Morgan fingerprint density at radius 3 is 2.67 bits per heavy atom. The molecule has 2 aromatic rings. The van der Waals surface area contributed by atoms with Gasteiger partial charge in [0, 0.05) is 18.9 Å². The molecule has 0 saturated heterocycles. The molecular formula is C11H14N4. The first-order valence-corrected chi connectivity index (χ1v) is 4.82. The van der Waals surface area contributed by atoms with Crippen molar-refractivity contribution in [2.24, 2.45) is 0 Å². The van der Waals surface area contributed by atoms with Crippen molar-refractivity contribution in [3.05, 3.63) is 42.2 Å². The van der Waals surface area contributed by atoms with Crippen LogP contribution >= 0.6 is 0 Å². The second kappa shape index (κ2) is 4.04. The molecule has 0 bridgehead atoms. The van der Waals surface area contributed by atoms with Crippen molar-refractivity contribution in [2.45, 2.75) is 6.54 Å². The van der Waals surface area contributed by atoms with E-state index in [1.54, 1.807) is 6.20 Å². The predicted octanol–water partition coefficient (Wildman–Crippen LogP) is 1.56. The molecule has 1 heterocycles. The Hall–Kier alpha value is -1.97. The third kappa shape index (κ3) is 2.28. The van der Waals surface area contributed by atoms with Gasteiger partial charge in [-0.2, -0.15) is 5.10 Å². The fraction of sp³-hybridized carbons (Fsp3) is 0.182. The molecule has 0 atom stereocenters. The third-order valence-corrected chi connectivity index (χ3v) is 2.25. The SMILES string of the molecule is CNc1cnn(Cc2ccc(N)cc2)c1. The summed E-state index contributed by atoms with van der Waals surface area (Å²) in [6, 6.07) is 7.82. The van der Waals surface area contributed by atoms with Crippen LogP contribution in [0.4, 0.5) is 11.4 Å². The van der Waals surface area contributed by atoms with Gasteiger partial charge in [0.1, 0.15) is 0 Å². The monoisotopic (exact) mass is 202 g/mol. The molecule has 0 amide bonds. The van der Waals surface area contributed by atoms with Crippen LogP contribution in [0.2, 0.25) is 0 Å². The summed E-state index contributed by atoms with van der Waals surface area (Å²) < 4.78 is 1.89. The Morgan fingerprint density at radius 1 is 1.33 bits per heavy atom. The van der Waals surface area contributed by atoms with Crippen molar-refractivity contribution in [1.29, 1.82) is 0 Å². The minimum absolute atomic E-state index is 0.766. The van der Waals surface area contributed by atoms with Crippen LogP contribution < -0.4 is 11.1 Å². The fourth-order valence-corrected chi connectivity index (χ4v) is 1.39. The van der Waals surface area contributed by atoms with Crippen molar-refractivity contribution >= 4 is 11.4 Å². The van der Waals surface area contributed by atoms with Gasteiger partial charge in [0.25, 0.3) is 0 Å². The van der Waals surface area contributed by atoms with Crippen LogP contribution in [0.25, 0.3) is 0 Å². The molecule has 0 fully saturated rings. The van der Waals surface area contributed by atoms with E-state index in [1.165, 1.54) is 5.56 Å². The molecule has 0 unspecified atom stereocenters. The quantitative estimate of drug-likeness (QED) is 0.742. The molecule has 3 N–H and O–H groups in total. The number of nitrogens with two attached hydrogens (primary N) is 1. The van der Waals surface area contributed by atoms with E-state index in [0.29, 0.717) is 0 Å². The van der Waals surface area contributed by atoms with Crippen LogP contribution in [-0.4, -0.2) is 16.8 Å². The zero-order chi connectivity index (χ0) is 10.7. The van der Waals surface area contributed by atoms with Gasteiger partial charge in [0.15, 0.2) is 0 Å². The summed E-state index contributed by atoms with van der Waals surface area (Å²) in [5.74, 6) is 0. The number of hydrogen-bond donors (Lipinski definition) is 2. The largest absolute Gasteiger partial charge is 0.399 e. The summed E-state index contributed by atoms with van der Waals surface area (Å²) >= 11 is 0. The first-order chi connectivity index (χ1) is 7.28. The Balaban J connectivity index is 2.11. The minimum atomic E-state index is 0.766. The normalized spacial score (nSPS) is 10.2. The van der Waals surface area contributed by atoms with Crippen molar-refractivity contribution in [3.63, 3.8) is 0 Å². The Morgan fingerprint density at radius 2 is 2.07 bits per heavy atom. The van der Waals surface area contributed by atoms with Crippen molar-refractivity contribution < 1.29 is 0 Å². The molecule has 0 aliphatic heterocycles. The molecule has 4 heteroatoms. The lowest BCUT2D eigenvalue weighted by Gasteiger charge is -2.01. The summed E-state index contributed by atoms with van der Waals surface area (Å²) in [7, 11) is 1.88. The smallest absolute Gasteiger partial charge is 0.0724 e. The maximum atomic E-state index is 5.61. The number of rotatable bonds is 3. The van der Waals surface area contributed by atoms with Gasteiger partial charge in [0.05, 0.1) is 18.4 Å². The standard InChI is InChI=1S/C11H14N4/c1-13-11-6-14-15(8-11)7-9-2-4-10(12)5-3-9/h2-6,8,13H,7,12H2,1H3. The lowest BCUT2D eigenvalue weighted by molar-refractivity contribution is 0.687. The topological polar surface area (TPSA) is 55.9 Å². The molecule has 1 aromatic carbocycles. The highest BCUT2D eigenvalue weighted by molar-refractivity contribution is 5.40. The number of nitrogens with zero attached hydrogens (tertiary/aromatic N) is 2. The zero-order valence-electron chi connectivity index (χ0n) is 8.64. The second-order valence-corrected chi connectivity index (χ2v) is 3.42. The van der Waals surface area contributed by atoms with Gasteiger partial charge in [-0.1, -0.05) is 12.1 Å². The lowest BCUT2D eigenvalue weighted by Crippen LogP contribution is -1.99. The van der Waals surface area contributed by atoms with Crippen LogP contribution in [0, 0.1) is 0 Å². The molecule has 78 valence electrons. The molecule has 0 aliphatic rings. The highest BCUT2D eigenvalue weighted by Crippen LogP contribution is 2.09. The average molecular weight is 202 g/mol. The van der Waals surface area contributed by atoms with E-state index in [2.05, 4.69) is 10.4 Å². The number of anilines is 2. The van der Waals surface area contributed by atoms with E-state index in [1.807, 2.05) is 42.2 Å². The molecule has 15 heavy (non-hydrogen) atoms. The summed E-state index contributed by atoms with van der Waals surface area (Å²) in [4.78, 5) is 0. The van der Waals surface area contributed by atoms with Crippen molar-refractivity contribution in [2.75, 3.05) is 18.1 Å². The number of nitrogen functional groups attached to an aromatic ring is 1. The molecule has 4 nitrogen and oxygen atoms in total. The van der Waals surface area contributed by atoms with Gasteiger partial charge in [-0.3, -0.25) is 4.68 Å². The first kappa shape index (κ1) is 9.58. The maximum absolute atomic E-state index is 5.61. The Bertz CT molecular complexity index is 430. The summed E-state index contributed by atoms with van der Waals surface area (Å²) in [6.07, 6.45) is 3.77. The van der Waals surface area contributed by atoms with Crippen LogP contribution in [0.5, 0.6) is 0 Å². The number of aromatic nitrogens is 2. The summed E-state index contributed by atoms with van der Waals surface area (Å²) in [6.45, 7) is 0.766. The van der Waals surface area contributed by atoms with Gasteiger partial charge in [-0.15, -0.1) is 0 Å². The van der Waals surface area contributed by atoms with Crippen LogP contribution in [0.3, 0.4) is 0 Å². The molecular weight excluding hydrogens is 188 g/mol. The summed E-state index contributed by atoms with van der Waals surface area (Å²) in [5, 5.41) is 7.27. The van der Waals surface area contributed by atoms with E-state index < -0.39 is 0 Å².